The second kappa shape index (κ2) is 8.22. The molecule has 5 nitrogen and oxygen atoms in total. The number of carbonyl (C=O) groups excluding carboxylic acids is 2. The molecule has 0 saturated carbocycles. The highest BCUT2D eigenvalue weighted by Crippen LogP contribution is 2.28. The lowest BCUT2D eigenvalue weighted by atomic mass is 9.86. The van der Waals surface area contributed by atoms with Gasteiger partial charge in [-0.2, -0.15) is 5.26 Å². The molecule has 3 N–H and O–H groups in total. The Morgan fingerprint density at radius 1 is 0.933 bits per heavy atom. The van der Waals surface area contributed by atoms with Crippen LogP contribution in [0.15, 0.2) is 66.7 Å². The standard InChI is InChI=1S/C25H23N3O2/c1-25(2,3)19-12-10-17(11-13-19)23(29)20-8-5-9-21(27)22(20)28-24(30)18-7-4-6-16(14-18)15-26/h4-14H,27H2,1-3H3,(H,28,30). The van der Waals surface area contributed by atoms with Crippen molar-refractivity contribution < 1.29 is 9.59 Å². The van der Waals surface area contributed by atoms with Crippen LogP contribution in [0.25, 0.3) is 0 Å². The van der Waals surface area contributed by atoms with E-state index in [4.69, 9.17) is 11.0 Å². The highest BCUT2D eigenvalue weighted by atomic mass is 16.1. The molecule has 0 aliphatic heterocycles. The molecule has 30 heavy (non-hydrogen) atoms. The number of nitrogens with two attached hydrogens (primary N) is 1. The zero-order chi connectivity index (χ0) is 21.9. The SMILES string of the molecule is CC(C)(C)c1ccc(C(=O)c2cccc(N)c2NC(=O)c2cccc(C#N)c2)cc1. The third-order valence-electron chi connectivity index (χ3n) is 4.85. The van der Waals surface area contributed by atoms with E-state index in [0.717, 1.165) is 5.56 Å². The number of carbonyl (C=O) groups is 2. The van der Waals surface area contributed by atoms with Crippen LogP contribution in [0, 0.1) is 11.3 Å². The van der Waals surface area contributed by atoms with Gasteiger partial charge in [0.1, 0.15) is 0 Å². The van der Waals surface area contributed by atoms with E-state index in [-0.39, 0.29) is 22.6 Å². The molecule has 0 saturated heterocycles. The van der Waals surface area contributed by atoms with Gasteiger partial charge in [0.25, 0.3) is 5.91 Å². The number of rotatable bonds is 4. The number of ketones is 1. The maximum absolute atomic E-state index is 13.1. The molecule has 0 spiro atoms. The van der Waals surface area contributed by atoms with E-state index >= 15 is 0 Å². The lowest BCUT2D eigenvalue weighted by molar-refractivity contribution is 0.102. The lowest BCUT2D eigenvalue weighted by Crippen LogP contribution is -2.17. The van der Waals surface area contributed by atoms with Crippen molar-refractivity contribution in [3.63, 3.8) is 0 Å². The van der Waals surface area contributed by atoms with Crippen LogP contribution in [0.5, 0.6) is 0 Å². The largest absolute Gasteiger partial charge is 0.397 e. The Labute approximate surface area is 176 Å². The monoisotopic (exact) mass is 397 g/mol. The van der Waals surface area contributed by atoms with E-state index in [0.29, 0.717) is 22.3 Å². The van der Waals surface area contributed by atoms with Crippen molar-refractivity contribution in [2.45, 2.75) is 26.2 Å². The minimum absolute atomic E-state index is 0.0180. The van der Waals surface area contributed by atoms with Gasteiger partial charge in [-0.05, 0) is 41.3 Å². The van der Waals surface area contributed by atoms with Crippen LogP contribution < -0.4 is 11.1 Å². The molecule has 5 heteroatoms. The summed E-state index contributed by atoms with van der Waals surface area (Å²) in [7, 11) is 0. The number of nitrogens with one attached hydrogen (secondary N) is 1. The molecular formula is C25H23N3O2. The minimum Gasteiger partial charge on any atom is -0.397 e. The molecule has 0 fully saturated rings. The molecule has 3 aromatic rings. The molecular weight excluding hydrogens is 374 g/mol. The van der Waals surface area contributed by atoms with Crippen LogP contribution in [-0.4, -0.2) is 11.7 Å². The average Bonchev–Trinajstić information content (AvgIpc) is 2.74. The Morgan fingerprint density at radius 2 is 1.60 bits per heavy atom. The predicted molar refractivity (Wildman–Crippen MR) is 119 cm³/mol. The maximum Gasteiger partial charge on any atom is 0.255 e. The maximum atomic E-state index is 13.1. The van der Waals surface area contributed by atoms with Gasteiger partial charge in [-0.1, -0.05) is 57.2 Å². The van der Waals surface area contributed by atoms with Gasteiger partial charge in [0.15, 0.2) is 5.78 Å². The summed E-state index contributed by atoms with van der Waals surface area (Å²) in [5.41, 5.74) is 9.24. The number of anilines is 2. The fourth-order valence-electron chi connectivity index (χ4n) is 3.09. The topological polar surface area (TPSA) is 96.0 Å². The highest BCUT2D eigenvalue weighted by Gasteiger charge is 2.20. The molecule has 0 aliphatic rings. The lowest BCUT2D eigenvalue weighted by Gasteiger charge is -2.19. The number of hydrogen-bond donors (Lipinski definition) is 2. The van der Waals surface area contributed by atoms with Gasteiger partial charge in [0.05, 0.1) is 23.0 Å². The molecule has 1 amide bonds. The number of nitrogens with zero attached hydrogens (tertiary/aromatic N) is 1. The normalized spacial score (nSPS) is 10.9. The summed E-state index contributed by atoms with van der Waals surface area (Å²) in [6, 6.07) is 20.7. The van der Waals surface area contributed by atoms with E-state index < -0.39 is 5.91 Å². The number of amides is 1. The smallest absolute Gasteiger partial charge is 0.255 e. The molecule has 150 valence electrons. The van der Waals surface area contributed by atoms with Crippen molar-refractivity contribution in [3.8, 4) is 6.07 Å². The van der Waals surface area contributed by atoms with Crippen LogP contribution >= 0.6 is 0 Å². The number of nitrogen functional groups attached to an aromatic ring is 1. The van der Waals surface area contributed by atoms with Crippen molar-refractivity contribution in [2.75, 3.05) is 11.1 Å². The molecule has 0 unspecified atom stereocenters. The number of hydrogen-bond acceptors (Lipinski definition) is 4. The first kappa shape index (κ1) is 20.8. The quantitative estimate of drug-likeness (QED) is 0.482. The Morgan fingerprint density at radius 3 is 2.23 bits per heavy atom. The number of para-hydroxylation sites is 1. The summed E-state index contributed by atoms with van der Waals surface area (Å²) in [6.45, 7) is 6.32. The third kappa shape index (κ3) is 4.39. The van der Waals surface area contributed by atoms with Crippen LogP contribution in [0.3, 0.4) is 0 Å². The second-order valence-corrected chi connectivity index (χ2v) is 8.07. The van der Waals surface area contributed by atoms with Crippen LogP contribution in [-0.2, 0) is 5.41 Å². The summed E-state index contributed by atoms with van der Waals surface area (Å²) >= 11 is 0. The summed E-state index contributed by atoms with van der Waals surface area (Å²) < 4.78 is 0. The Hall–Kier alpha value is -3.91. The van der Waals surface area contributed by atoms with Crippen molar-refractivity contribution in [3.05, 3.63) is 94.5 Å². The van der Waals surface area contributed by atoms with Gasteiger partial charge >= 0.3 is 0 Å². The van der Waals surface area contributed by atoms with Gasteiger partial charge in [0, 0.05) is 16.7 Å². The molecule has 0 heterocycles. The average molecular weight is 397 g/mol. The fraction of sp³-hybridized carbons (Fsp3) is 0.160. The van der Waals surface area contributed by atoms with Gasteiger partial charge < -0.3 is 11.1 Å². The van der Waals surface area contributed by atoms with Crippen molar-refractivity contribution in [1.82, 2.24) is 0 Å². The first-order valence-electron chi connectivity index (χ1n) is 9.56. The van der Waals surface area contributed by atoms with E-state index in [9.17, 15) is 9.59 Å². The Balaban J connectivity index is 1.94. The molecule has 3 aromatic carbocycles. The van der Waals surface area contributed by atoms with E-state index in [2.05, 4.69) is 26.1 Å². The molecule has 0 aromatic heterocycles. The van der Waals surface area contributed by atoms with Crippen LogP contribution in [0.4, 0.5) is 11.4 Å². The first-order valence-corrected chi connectivity index (χ1v) is 9.56. The van der Waals surface area contributed by atoms with Crippen molar-refractivity contribution in [2.24, 2.45) is 0 Å². The minimum atomic E-state index is -0.442. The molecule has 0 radical (unpaired) electrons. The van der Waals surface area contributed by atoms with Crippen LogP contribution in [0.1, 0.15) is 58.2 Å². The van der Waals surface area contributed by atoms with Gasteiger partial charge in [-0.25, -0.2) is 0 Å². The van der Waals surface area contributed by atoms with E-state index in [1.165, 1.54) is 6.07 Å². The zero-order valence-corrected chi connectivity index (χ0v) is 17.2. The molecule has 0 bridgehead atoms. The van der Waals surface area contributed by atoms with E-state index in [1.54, 1.807) is 48.5 Å². The highest BCUT2D eigenvalue weighted by molar-refractivity contribution is 6.17. The number of nitriles is 1. The van der Waals surface area contributed by atoms with Crippen molar-refractivity contribution >= 4 is 23.1 Å². The van der Waals surface area contributed by atoms with E-state index in [1.807, 2.05) is 18.2 Å². The van der Waals surface area contributed by atoms with Crippen LogP contribution in [0.2, 0.25) is 0 Å². The fourth-order valence-corrected chi connectivity index (χ4v) is 3.09. The molecule has 0 aliphatic carbocycles. The third-order valence-corrected chi connectivity index (χ3v) is 4.85. The van der Waals surface area contributed by atoms with Gasteiger partial charge in [-0.3, -0.25) is 9.59 Å². The predicted octanol–water partition coefficient (Wildman–Crippen LogP) is 4.92. The van der Waals surface area contributed by atoms with Gasteiger partial charge in [-0.15, -0.1) is 0 Å². The van der Waals surface area contributed by atoms with Gasteiger partial charge in [0.2, 0.25) is 0 Å². The molecule has 3 rings (SSSR count). The Kier molecular flexibility index (Phi) is 5.70. The summed E-state index contributed by atoms with van der Waals surface area (Å²) in [5, 5.41) is 11.8. The summed E-state index contributed by atoms with van der Waals surface area (Å²) in [5.74, 6) is -0.675. The Bertz CT molecular complexity index is 1150. The summed E-state index contributed by atoms with van der Waals surface area (Å²) in [6.07, 6.45) is 0. The molecule has 0 atom stereocenters. The second-order valence-electron chi connectivity index (χ2n) is 8.07. The van der Waals surface area contributed by atoms with Crippen molar-refractivity contribution in [1.29, 1.82) is 5.26 Å². The summed E-state index contributed by atoms with van der Waals surface area (Å²) in [4.78, 5) is 25.9. The number of benzene rings is 3. The first-order chi connectivity index (χ1) is 14.2. The zero-order valence-electron chi connectivity index (χ0n) is 17.2.